The molecule has 3 nitrogen and oxygen atoms in total. The minimum Gasteiger partial charge on any atom is -0.428 e. The largest absolute Gasteiger partial charge is 0.428 e. The van der Waals surface area contributed by atoms with Gasteiger partial charge in [-0.3, -0.25) is 9.59 Å². The lowest BCUT2D eigenvalue weighted by Crippen LogP contribution is -1.92. The van der Waals surface area contributed by atoms with E-state index in [1.165, 1.54) is 0 Å². The number of carbonyl (C=O) groups is 2. The molecule has 11 heavy (non-hydrogen) atoms. The average molecular weight is 150 g/mol. The molecular formula is C8H6O3. The highest BCUT2D eigenvalue weighted by atomic mass is 16.5. The molecular weight excluding hydrogens is 144 g/mol. The Morgan fingerprint density at radius 2 is 1.91 bits per heavy atom. The van der Waals surface area contributed by atoms with Crippen LogP contribution in [0.25, 0.3) is 0 Å². The topological polar surface area (TPSA) is 43.4 Å². The maximum Gasteiger partial charge on any atom is 0.298 e. The quantitative estimate of drug-likeness (QED) is 0.604. The predicted octanol–water partition coefficient (Wildman–Crippen LogP) is 1.03. The number of hydrogen-bond acceptors (Lipinski definition) is 3. The predicted molar refractivity (Wildman–Crippen MR) is 38.5 cm³/mol. The molecule has 0 radical (unpaired) electrons. The molecule has 1 aromatic carbocycles. The van der Waals surface area contributed by atoms with Gasteiger partial charge in [-0.05, 0) is 12.1 Å². The number of carbonyl (C=O) groups excluding carboxylic acids is 2. The van der Waals surface area contributed by atoms with E-state index in [0.29, 0.717) is 18.3 Å². The minimum atomic E-state index is 0.289. The minimum absolute atomic E-state index is 0.289. The van der Waals surface area contributed by atoms with E-state index in [-0.39, 0.29) is 5.75 Å². The van der Waals surface area contributed by atoms with Crippen LogP contribution < -0.4 is 4.74 Å². The van der Waals surface area contributed by atoms with E-state index in [0.717, 1.165) is 0 Å². The third-order valence-electron chi connectivity index (χ3n) is 1.22. The summed E-state index contributed by atoms with van der Waals surface area (Å²) in [5.41, 5.74) is 0.375. The molecule has 0 aromatic heterocycles. The monoisotopic (exact) mass is 150 g/mol. The molecule has 0 saturated heterocycles. The van der Waals surface area contributed by atoms with E-state index < -0.39 is 0 Å². The average Bonchev–Trinajstić information content (AvgIpc) is 2.06. The summed E-state index contributed by atoms with van der Waals surface area (Å²) in [4.78, 5) is 20.2. The molecule has 0 aliphatic rings. The number of benzene rings is 1. The SMILES string of the molecule is O=COc1ccccc1C=O. The molecule has 0 aliphatic heterocycles. The Balaban J connectivity index is 3.01. The van der Waals surface area contributed by atoms with Gasteiger partial charge in [0.05, 0.1) is 5.56 Å². The summed E-state index contributed by atoms with van der Waals surface area (Å²) in [6.07, 6.45) is 0.638. The molecule has 0 aliphatic carbocycles. The fourth-order valence-corrected chi connectivity index (χ4v) is 0.737. The third kappa shape index (κ3) is 1.64. The first-order chi connectivity index (χ1) is 5.38. The molecule has 0 heterocycles. The van der Waals surface area contributed by atoms with Crippen LogP contribution >= 0.6 is 0 Å². The summed E-state index contributed by atoms with van der Waals surface area (Å²) in [6.45, 7) is 0.294. The van der Waals surface area contributed by atoms with Crippen molar-refractivity contribution >= 4 is 12.8 Å². The first-order valence-electron chi connectivity index (χ1n) is 3.03. The van der Waals surface area contributed by atoms with Crippen molar-refractivity contribution in [2.24, 2.45) is 0 Å². The second-order valence-electron chi connectivity index (χ2n) is 1.87. The Labute approximate surface area is 63.6 Å². The molecule has 3 heteroatoms. The molecule has 1 rings (SSSR count). The highest BCUT2D eigenvalue weighted by Crippen LogP contribution is 2.13. The van der Waals surface area contributed by atoms with Crippen LogP contribution in [0.4, 0.5) is 0 Å². The van der Waals surface area contributed by atoms with Gasteiger partial charge in [0.1, 0.15) is 5.75 Å². The fraction of sp³-hybridized carbons (Fsp3) is 0. The van der Waals surface area contributed by atoms with Gasteiger partial charge in [0, 0.05) is 0 Å². The molecule has 56 valence electrons. The molecule has 0 unspecified atom stereocenters. The van der Waals surface area contributed by atoms with Gasteiger partial charge in [-0.1, -0.05) is 12.1 Å². The van der Waals surface area contributed by atoms with Crippen molar-refractivity contribution in [3.8, 4) is 5.75 Å². The van der Waals surface area contributed by atoms with Gasteiger partial charge in [-0.25, -0.2) is 0 Å². The lowest BCUT2D eigenvalue weighted by molar-refractivity contribution is -0.120. The summed E-state index contributed by atoms with van der Waals surface area (Å²) in [5.74, 6) is 0.289. The zero-order chi connectivity index (χ0) is 8.10. The van der Waals surface area contributed by atoms with Crippen molar-refractivity contribution in [2.75, 3.05) is 0 Å². The van der Waals surface area contributed by atoms with Crippen molar-refractivity contribution in [3.05, 3.63) is 29.8 Å². The number of rotatable bonds is 3. The van der Waals surface area contributed by atoms with Gasteiger partial charge in [-0.2, -0.15) is 0 Å². The van der Waals surface area contributed by atoms with Crippen LogP contribution in [0.3, 0.4) is 0 Å². The molecule has 0 N–H and O–H groups in total. The lowest BCUT2D eigenvalue weighted by atomic mass is 10.2. The first-order valence-corrected chi connectivity index (χ1v) is 3.03. The smallest absolute Gasteiger partial charge is 0.298 e. The Bertz CT molecular complexity index is 268. The van der Waals surface area contributed by atoms with Gasteiger partial charge in [0.15, 0.2) is 6.29 Å². The van der Waals surface area contributed by atoms with Crippen LogP contribution in [-0.4, -0.2) is 12.8 Å². The van der Waals surface area contributed by atoms with E-state index >= 15 is 0 Å². The zero-order valence-electron chi connectivity index (χ0n) is 5.69. The molecule has 1 aromatic rings. The van der Waals surface area contributed by atoms with Gasteiger partial charge >= 0.3 is 0 Å². The van der Waals surface area contributed by atoms with Crippen LogP contribution in [-0.2, 0) is 4.79 Å². The van der Waals surface area contributed by atoms with E-state index in [1.54, 1.807) is 24.3 Å². The highest BCUT2D eigenvalue weighted by Gasteiger charge is 1.98. The van der Waals surface area contributed by atoms with Gasteiger partial charge in [0.25, 0.3) is 6.47 Å². The van der Waals surface area contributed by atoms with E-state index in [1.807, 2.05) is 0 Å². The maximum absolute atomic E-state index is 10.3. The molecule has 0 amide bonds. The Morgan fingerprint density at radius 1 is 1.18 bits per heavy atom. The second kappa shape index (κ2) is 3.51. The van der Waals surface area contributed by atoms with Crippen LogP contribution in [0.2, 0.25) is 0 Å². The van der Waals surface area contributed by atoms with Crippen molar-refractivity contribution in [1.82, 2.24) is 0 Å². The Hall–Kier alpha value is -1.64. The van der Waals surface area contributed by atoms with Crippen LogP contribution in [0, 0.1) is 0 Å². The summed E-state index contributed by atoms with van der Waals surface area (Å²) >= 11 is 0. The van der Waals surface area contributed by atoms with Crippen molar-refractivity contribution in [3.63, 3.8) is 0 Å². The third-order valence-corrected chi connectivity index (χ3v) is 1.22. The van der Waals surface area contributed by atoms with E-state index in [2.05, 4.69) is 4.74 Å². The number of ether oxygens (including phenoxy) is 1. The highest BCUT2D eigenvalue weighted by molar-refractivity contribution is 5.79. The summed E-state index contributed by atoms with van der Waals surface area (Å²) in [5, 5.41) is 0. The Kier molecular flexibility index (Phi) is 2.38. The summed E-state index contributed by atoms with van der Waals surface area (Å²) < 4.78 is 4.52. The number of aldehydes is 1. The van der Waals surface area contributed by atoms with Crippen LogP contribution in [0.1, 0.15) is 10.4 Å². The van der Waals surface area contributed by atoms with Gasteiger partial charge in [-0.15, -0.1) is 0 Å². The Morgan fingerprint density at radius 3 is 2.55 bits per heavy atom. The fourth-order valence-electron chi connectivity index (χ4n) is 0.737. The lowest BCUT2D eigenvalue weighted by Gasteiger charge is -1.98. The number of hydrogen-bond donors (Lipinski definition) is 0. The van der Waals surface area contributed by atoms with Crippen LogP contribution in [0.15, 0.2) is 24.3 Å². The molecule has 0 saturated carbocycles. The van der Waals surface area contributed by atoms with E-state index in [9.17, 15) is 9.59 Å². The first kappa shape index (κ1) is 7.47. The maximum atomic E-state index is 10.3. The zero-order valence-corrected chi connectivity index (χ0v) is 5.69. The summed E-state index contributed by atoms with van der Waals surface area (Å²) in [6, 6.07) is 6.51. The van der Waals surface area contributed by atoms with Crippen molar-refractivity contribution in [1.29, 1.82) is 0 Å². The second-order valence-corrected chi connectivity index (χ2v) is 1.87. The van der Waals surface area contributed by atoms with Crippen LogP contribution in [0.5, 0.6) is 5.75 Å². The van der Waals surface area contributed by atoms with Crippen molar-refractivity contribution in [2.45, 2.75) is 0 Å². The molecule has 0 spiro atoms. The van der Waals surface area contributed by atoms with Crippen molar-refractivity contribution < 1.29 is 14.3 Å². The summed E-state index contributed by atoms with van der Waals surface area (Å²) in [7, 11) is 0. The molecule has 0 bridgehead atoms. The van der Waals surface area contributed by atoms with Gasteiger partial charge in [0.2, 0.25) is 0 Å². The van der Waals surface area contributed by atoms with E-state index in [4.69, 9.17) is 0 Å². The molecule has 0 atom stereocenters. The molecule has 0 fully saturated rings. The number of para-hydroxylation sites is 1. The normalized spacial score (nSPS) is 8.73. The standard InChI is InChI=1S/C8H6O3/c9-5-7-3-1-2-4-8(7)11-6-10/h1-6H. The van der Waals surface area contributed by atoms with Gasteiger partial charge < -0.3 is 4.74 Å².